The van der Waals surface area contributed by atoms with Crippen LogP contribution in [0.25, 0.3) is 0 Å². The molecule has 0 radical (unpaired) electrons. The Morgan fingerprint density at radius 1 is 1.56 bits per heavy atom. The molecule has 0 aromatic carbocycles. The summed E-state index contributed by atoms with van der Waals surface area (Å²) in [5, 5.41) is 10.9. The van der Waals surface area contributed by atoms with Crippen molar-refractivity contribution in [1.82, 2.24) is 25.0 Å². The zero-order valence-electron chi connectivity index (χ0n) is 11.1. The Morgan fingerprint density at radius 3 is 3.11 bits per heavy atom. The Labute approximate surface area is 107 Å². The molecule has 2 heterocycles. The third-order valence-electron chi connectivity index (χ3n) is 3.41. The summed E-state index contributed by atoms with van der Waals surface area (Å²) in [4.78, 5) is 13.6. The molecule has 18 heavy (non-hydrogen) atoms. The van der Waals surface area contributed by atoms with E-state index in [0.29, 0.717) is 12.5 Å². The summed E-state index contributed by atoms with van der Waals surface area (Å²) >= 11 is 0. The van der Waals surface area contributed by atoms with Crippen molar-refractivity contribution in [2.75, 3.05) is 19.6 Å². The van der Waals surface area contributed by atoms with Crippen LogP contribution in [0.15, 0.2) is 6.33 Å². The lowest BCUT2D eigenvalue weighted by atomic mass is 10.0. The lowest BCUT2D eigenvalue weighted by Crippen LogP contribution is -2.38. The van der Waals surface area contributed by atoms with Gasteiger partial charge in [0.25, 0.3) is 0 Å². The summed E-state index contributed by atoms with van der Waals surface area (Å²) in [6.45, 7) is 7.27. The first-order valence-electron chi connectivity index (χ1n) is 6.64. The molecule has 6 nitrogen and oxygen atoms in total. The molecule has 1 saturated heterocycles. The smallest absolute Gasteiger partial charge is 0.317 e. The summed E-state index contributed by atoms with van der Waals surface area (Å²) in [6, 6.07) is 0.0527. The minimum Gasteiger partial charge on any atom is -0.338 e. The van der Waals surface area contributed by atoms with Crippen molar-refractivity contribution in [3.05, 3.63) is 12.2 Å². The zero-order valence-corrected chi connectivity index (χ0v) is 11.1. The summed E-state index contributed by atoms with van der Waals surface area (Å²) in [5.41, 5.74) is 0. The van der Waals surface area contributed by atoms with Crippen LogP contribution in [0, 0.1) is 5.92 Å². The Bertz CT molecular complexity index is 403. The summed E-state index contributed by atoms with van der Waals surface area (Å²) in [5.74, 6) is 1.53. The van der Waals surface area contributed by atoms with Crippen LogP contribution in [-0.4, -0.2) is 45.3 Å². The standard InChI is InChI=1S/C12H21N5O/c1-3-13-12(18)17-6-5-10(8-17)7-11-15-14-9-16(11)4-2/h9-10H,3-8H2,1-2H3,(H,13,18). The molecule has 1 aromatic heterocycles. The highest BCUT2D eigenvalue weighted by Crippen LogP contribution is 2.19. The lowest BCUT2D eigenvalue weighted by Gasteiger charge is -2.16. The molecule has 1 aromatic rings. The van der Waals surface area contributed by atoms with E-state index in [1.165, 1.54) is 0 Å². The molecule has 1 aliphatic heterocycles. The van der Waals surface area contributed by atoms with E-state index in [1.54, 1.807) is 6.33 Å². The highest BCUT2D eigenvalue weighted by molar-refractivity contribution is 5.74. The number of hydrogen-bond acceptors (Lipinski definition) is 3. The number of nitrogens with zero attached hydrogens (tertiary/aromatic N) is 4. The summed E-state index contributed by atoms with van der Waals surface area (Å²) < 4.78 is 2.06. The molecule has 6 heteroatoms. The fraction of sp³-hybridized carbons (Fsp3) is 0.750. The fourth-order valence-corrected chi connectivity index (χ4v) is 2.41. The van der Waals surface area contributed by atoms with Crippen molar-refractivity contribution in [2.24, 2.45) is 5.92 Å². The molecule has 0 bridgehead atoms. The number of amides is 2. The van der Waals surface area contributed by atoms with E-state index >= 15 is 0 Å². The van der Waals surface area contributed by atoms with Crippen LogP contribution in [-0.2, 0) is 13.0 Å². The maximum Gasteiger partial charge on any atom is 0.317 e. The second kappa shape index (κ2) is 5.84. The highest BCUT2D eigenvalue weighted by Gasteiger charge is 2.27. The molecule has 2 amide bonds. The van der Waals surface area contributed by atoms with Crippen molar-refractivity contribution in [1.29, 1.82) is 0 Å². The Hall–Kier alpha value is -1.59. The molecule has 1 atom stereocenters. The molecular weight excluding hydrogens is 230 g/mol. The molecule has 0 saturated carbocycles. The van der Waals surface area contributed by atoms with Gasteiger partial charge in [-0.2, -0.15) is 0 Å². The van der Waals surface area contributed by atoms with Gasteiger partial charge in [0.2, 0.25) is 0 Å². The number of carbonyl (C=O) groups is 1. The van der Waals surface area contributed by atoms with Crippen molar-refractivity contribution < 1.29 is 4.79 Å². The first-order valence-corrected chi connectivity index (χ1v) is 6.64. The minimum absolute atomic E-state index is 0.0527. The molecule has 2 rings (SSSR count). The first kappa shape index (κ1) is 12.9. The third kappa shape index (κ3) is 2.80. The number of nitrogens with one attached hydrogen (secondary N) is 1. The molecule has 1 fully saturated rings. The van der Waals surface area contributed by atoms with Crippen LogP contribution < -0.4 is 5.32 Å². The Kier molecular flexibility index (Phi) is 4.17. The van der Waals surface area contributed by atoms with Gasteiger partial charge in [0.1, 0.15) is 12.2 Å². The van der Waals surface area contributed by atoms with Crippen LogP contribution in [0.4, 0.5) is 4.79 Å². The van der Waals surface area contributed by atoms with Crippen LogP contribution in [0.3, 0.4) is 0 Å². The summed E-state index contributed by atoms with van der Waals surface area (Å²) in [6.07, 6.45) is 3.73. The van der Waals surface area contributed by atoms with Gasteiger partial charge in [0, 0.05) is 32.6 Å². The van der Waals surface area contributed by atoms with E-state index in [0.717, 1.165) is 38.3 Å². The fourth-order valence-electron chi connectivity index (χ4n) is 2.41. The van der Waals surface area contributed by atoms with Gasteiger partial charge < -0.3 is 14.8 Å². The van der Waals surface area contributed by atoms with Crippen molar-refractivity contribution >= 4 is 6.03 Å². The normalized spacial score (nSPS) is 19.2. The molecular formula is C12H21N5O. The average Bonchev–Trinajstić information content (AvgIpc) is 2.99. The monoisotopic (exact) mass is 251 g/mol. The number of aromatic nitrogens is 3. The van der Waals surface area contributed by atoms with E-state index < -0.39 is 0 Å². The van der Waals surface area contributed by atoms with Crippen LogP contribution in [0.5, 0.6) is 0 Å². The molecule has 0 aliphatic carbocycles. The molecule has 1 aliphatic rings. The van der Waals surface area contributed by atoms with E-state index in [2.05, 4.69) is 27.0 Å². The second-order valence-electron chi connectivity index (χ2n) is 4.67. The number of rotatable bonds is 4. The quantitative estimate of drug-likeness (QED) is 0.864. The topological polar surface area (TPSA) is 63.1 Å². The van der Waals surface area contributed by atoms with Gasteiger partial charge >= 0.3 is 6.03 Å². The molecule has 1 N–H and O–H groups in total. The highest BCUT2D eigenvalue weighted by atomic mass is 16.2. The maximum absolute atomic E-state index is 11.7. The van der Waals surface area contributed by atoms with Crippen LogP contribution >= 0.6 is 0 Å². The van der Waals surface area contributed by atoms with Gasteiger partial charge in [-0.1, -0.05) is 0 Å². The maximum atomic E-state index is 11.7. The lowest BCUT2D eigenvalue weighted by molar-refractivity contribution is 0.207. The number of carbonyl (C=O) groups excluding carboxylic acids is 1. The minimum atomic E-state index is 0.0527. The van der Waals surface area contributed by atoms with Gasteiger partial charge in [-0.15, -0.1) is 10.2 Å². The molecule has 0 spiro atoms. The first-order chi connectivity index (χ1) is 8.74. The second-order valence-corrected chi connectivity index (χ2v) is 4.67. The van der Waals surface area contributed by atoms with E-state index in [4.69, 9.17) is 0 Å². The number of urea groups is 1. The van der Waals surface area contributed by atoms with Crippen molar-refractivity contribution in [3.63, 3.8) is 0 Å². The number of likely N-dealkylation sites (tertiary alicyclic amines) is 1. The Morgan fingerprint density at radius 2 is 2.39 bits per heavy atom. The average molecular weight is 251 g/mol. The number of hydrogen-bond donors (Lipinski definition) is 1. The number of aryl methyl sites for hydroxylation is 1. The van der Waals surface area contributed by atoms with E-state index in [1.807, 2.05) is 11.8 Å². The van der Waals surface area contributed by atoms with Gasteiger partial charge in [0.15, 0.2) is 0 Å². The van der Waals surface area contributed by atoms with E-state index in [-0.39, 0.29) is 6.03 Å². The van der Waals surface area contributed by atoms with Crippen molar-refractivity contribution in [3.8, 4) is 0 Å². The molecule has 100 valence electrons. The third-order valence-corrected chi connectivity index (χ3v) is 3.41. The predicted molar refractivity (Wildman–Crippen MR) is 68.2 cm³/mol. The van der Waals surface area contributed by atoms with Gasteiger partial charge in [0.05, 0.1) is 0 Å². The van der Waals surface area contributed by atoms with Gasteiger partial charge in [-0.05, 0) is 26.2 Å². The predicted octanol–water partition coefficient (Wildman–Crippen LogP) is 0.892. The van der Waals surface area contributed by atoms with Gasteiger partial charge in [-0.25, -0.2) is 4.79 Å². The SMILES string of the molecule is CCNC(=O)N1CCC(Cc2nncn2CC)C1. The van der Waals surface area contributed by atoms with E-state index in [9.17, 15) is 4.79 Å². The zero-order chi connectivity index (χ0) is 13.0. The largest absolute Gasteiger partial charge is 0.338 e. The van der Waals surface area contributed by atoms with Crippen LogP contribution in [0.2, 0.25) is 0 Å². The van der Waals surface area contributed by atoms with Crippen molar-refractivity contribution in [2.45, 2.75) is 33.2 Å². The van der Waals surface area contributed by atoms with Gasteiger partial charge in [-0.3, -0.25) is 0 Å². The van der Waals surface area contributed by atoms with Crippen LogP contribution in [0.1, 0.15) is 26.1 Å². The molecule has 1 unspecified atom stereocenters. The Balaban J connectivity index is 1.88. The summed E-state index contributed by atoms with van der Waals surface area (Å²) in [7, 11) is 0.